The molecule has 0 amide bonds. The fourth-order valence-electron chi connectivity index (χ4n) is 2.19. The van der Waals surface area contributed by atoms with Crippen molar-refractivity contribution in [3.05, 3.63) is 69.7 Å². The first-order chi connectivity index (χ1) is 12.4. The molecule has 1 aliphatic rings. The van der Waals surface area contributed by atoms with Crippen LogP contribution in [0.2, 0.25) is 10.0 Å². The summed E-state index contributed by atoms with van der Waals surface area (Å²) in [5.74, 6) is -0.575. The second kappa shape index (κ2) is 8.37. The number of benzene rings is 2. The average Bonchev–Trinajstić information content (AvgIpc) is 2.63. The molecule has 134 valence electrons. The van der Waals surface area contributed by atoms with Crippen LogP contribution in [0.4, 0.5) is 0 Å². The van der Waals surface area contributed by atoms with Crippen LogP contribution in [0.25, 0.3) is 0 Å². The van der Waals surface area contributed by atoms with Gasteiger partial charge in [0.2, 0.25) is 0 Å². The molecule has 1 atom stereocenters. The maximum Gasteiger partial charge on any atom is 0.365 e. The summed E-state index contributed by atoms with van der Waals surface area (Å²) < 4.78 is 0.566. The highest BCUT2D eigenvalue weighted by molar-refractivity contribution is 8.33. The normalized spacial score (nSPS) is 18.9. The molecule has 1 aliphatic heterocycles. The number of thiocarbonyl (C=S) groups is 1. The molecular formula is C17H13Cl2N3O2S2. The van der Waals surface area contributed by atoms with E-state index in [0.29, 0.717) is 25.0 Å². The fraction of sp³-hybridized carbons (Fsp3) is 0.118. The fourth-order valence-corrected chi connectivity index (χ4v) is 3.50. The summed E-state index contributed by atoms with van der Waals surface area (Å²) in [5, 5.41) is 7.45. The Kier molecular flexibility index (Phi) is 6.16. The summed E-state index contributed by atoms with van der Waals surface area (Å²) in [6, 6.07) is 13.4. The molecule has 0 spiro atoms. The number of hydrazine groups is 1. The van der Waals surface area contributed by atoms with E-state index in [9.17, 15) is 4.79 Å². The third kappa shape index (κ3) is 4.55. The predicted molar refractivity (Wildman–Crippen MR) is 110 cm³/mol. The van der Waals surface area contributed by atoms with Crippen LogP contribution in [0, 0.1) is 0 Å². The Bertz CT molecular complexity index is 857. The van der Waals surface area contributed by atoms with E-state index < -0.39 is 5.97 Å². The maximum absolute atomic E-state index is 12.2. The summed E-state index contributed by atoms with van der Waals surface area (Å²) in [7, 11) is 1.81. The third-order valence-electron chi connectivity index (χ3n) is 3.54. The molecule has 2 aromatic rings. The van der Waals surface area contributed by atoms with Crippen LogP contribution < -0.4 is 5.43 Å². The second-order valence-electron chi connectivity index (χ2n) is 5.36. The lowest BCUT2D eigenvalue weighted by Crippen LogP contribution is -2.47. The summed E-state index contributed by atoms with van der Waals surface area (Å²) >= 11 is 18.3. The molecule has 9 heteroatoms. The molecule has 0 aliphatic carbocycles. The molecule has 0 unspecified atom stereocenters. The monoisotopic (exact) mass is 425 g/mol. The number of hydrogen-bond donors (Lipinski definition) is 1. The van der Waals surface area contributed by atoms with Gasteiger partial charge in [-0.05, 0) is 53.7 Å². The number of thioether (sulfide) groups is 1. The smallest absolute Gasteiger partial charge is 0.312 e. The van der Waals surface area contributed by atoms with Crippen molar-refractivity contribution in [2.45, 2.75) is 6.04 Å². The highest BCUT2D eigenvalue weighted by Crippen LogP contribution is 2.29. The van der Waals surface area contributed by atoms with Gasteiger partial charge in [0.15, 0.2) is 4.32 Å². The molecule has 1 heterocycles. The largest absolute Gasteiger partial charge is 0.365 e. The van der Waals surface area contributed by atoms with Gasteiger partial charge in [0.05, 0.1) is 5.56 Å². The SMILES string of the molecule is CN1N[C@H](c2ccc(Cl)cc2)/C(=N/OC(=O)c2ccc(Cl)cc2)SC1=S. The molecule has 0 bridgehead atoms. The van der Waals surface area contributed by atoms with Gasteiger partial charge in [-0.15, -0.1) is 0 Å². The van der Waals surface area contributed by atoms with E-state index >= 15 is 0 Å². The van der Waals surface area contributed by atoms with Gasteiger partial charge in [0.1, 0.15) is 11.1 Å². The highest BCUT2D eigenvalue weighted by atomic mass is 35.5. The first kappa shape index (κ1) is 19.1. The minimum atomic E-state index is -0.575. The number of rotatable bonds is 3. The van der Waals surface area contributed by atoms with Crippen LogP contribution in [-0.2, 0) is 4.84 Å². The molecule has 1 N–H and O–H groups in total. The molecule has 26 heavy (non-hydrogen) atoms. The highest BCUT2D eigenvalue weighted by Gasteiger charge is 2.29. The zero-order valence-corrected chi connectivity index (χ0v) is 16.6. The number of halogens is 2. The summed E-state index contributed by atoms with van der Waals surface area (Å²) in [6.07, 6.45) is 0. The zero-order chi connectivity index (χ0) is 18.7. The second-order valence-corrected chi connectivity index (χ2v) is 7.88. The molecule has 3 rings (SSSR count). The number of hydrogen-bond acceptors (Lipinski definition) is 6. The van der Waals surface area contributed by atoms with Crippen LogP contribution in [0.1, 0.15) is 22.0 Å². The van der Waals surface area contributed by atoms with E-state index in [1.54, 1.807) is 41.4 Å². The first-order valence-corrected chi connectivity index (χ1v) is 9.44. The van der Waals surface area contributed by atoms with E-state index in [2.05, 4.69) is 10.6 Å². The van der Waals surface area contributed by atoms with Gasteiger partial charge in [-0.25, -0.2) is 10.2 Å². The molecule has 0 saturated carbocycles. The Morgan fingerprint density at radius 1 is 1.15 bits per heavy atom. The van der Waals surface area contributed by atoms with Crippen molar-refractivity contribution >= 4 is 62.5 Å². The van der Waals surface area contributed by atoms with Gasteiger partial charge in [0.25, 0.3) is 0 Å². The van der Waals surface area contributed by atoms with Crippen molar-refractivity contribution in [3.63, 3.8) is 0 Å². The molecule has 0 aromatic heterocycles. The van der Waals surface area contributed by atoms with E-state index in [1.165, 1.54) is 11.8 Å². The lowest BCUT2D eigenvalue weighted by molar-refractivity contribution is 0.0515. The minimum Gasteiger partial charge on any atom is -0.312 e. The van der Waals surface area contributed by atoms with E-state index in [0.717, 1.165) is 5.56 Å². The van der Waals surface area contributed by atoms with Crippen LogP contribution in [0.5, 0.6) is 0 Å². The van der Waals surface area contributed by atoms with Gasteiger partial charge in [-0.2, -0.15) is 0 Å². The van der Waals surface area contributed by atoms with Crippen molar-refractivity contribution < 1.29 is 9.63 Å². The Balaban J connectivity index is 1.82. The molecule has 2 aromatic carbocycles. The van der Waals surface area contributed by atoms with Gasteiger partial charge < -0.3 is 4.84 Å². The maximum atomic E-state index is 12.2. The van der Waals surface area contributed by atoms with Crippen LogP contribution >= 0.6 is 47.2 Å². The van der Waals surface area contributed by atoms with E-state index in [1.807, 2.05) is 19.2 Å². The van der Waals surface area contributed by atoms with Crippen LogP contribution in [-0.4, -0.2) is 27.4 Å². The van der Waals surface area contributed by atoms with Gasteiger partial charge in [-0.3, -0.25) is 5.01 Å². The van der Waals surface area contributed by atoms with Crippen LogP contribution in [0.3, 0.4) is 0 Å². The van der Waals surface area contributed by atoms with Crippen molar-refractivity contribution in [3.8, 4) is 0 Å². The summed E-state index contributed by atoms with van der Waals surface area (Å²) in [5.41, 5.74) is 4.48. The molecular weight excluding hydrogens is 413 g/mol. The standard InChI is InChI=1S/C17H13Cl2N3O2S2/c1-22-17(25)26-15(14(20-22)10-2-6-12(18)7-3-10)21-24-16(23)11-4-8-13(19)9-5-11/h2-9,14,20H,1H3/b21-15-/t14-/m1/s1. The van der Waals surface area contributed by atoms with Gasteiger partial charge >= 0.3 is 5.97 Å². The van der Waals surface area contributed by atoms with E-state index in [4.69, 9.17) is 40.3 Å². The average molecular weight is 426 g/mol. The molecule has 1 fully saturated rings. The molecule has 0 radical (unpaired) electrons. The van der Waals surface area contributed by atoms with Gasteiger partial charge in [0, 0.05) is 17.1 Å². The number of carbonyl (C=O) groups excluding carboxylic acids is 1. The Labute approximate surface area is 170 Å². The number of nitrogens with zero attached hydrogens (tertiary/aromatic N) is 2. The molecule has 1 saturated heterocycles. The van der Waals surface area contributed by atoms with Crippen molar-refractivity contribution in [1.29, 1.82) is 0 Å². The summed E-state index contributed by atoms with van der Waals surface area (Å²) in [6.45, 7) is 0. The Hall–Kier alpha value is -1.64. The Morgan fingerprint density at radius 3 is 2.35 bits per heavy atom. The topological polar surface area (TPSA) is 53.9 Å². The lowest BCUT2D eigenvalue weighted by atomic mass is 10.1. The molecule has 5 nitrogen and oxygen atoms in total. The Morgan fingerprint density at radius 2 is 1.73 bits per heavy atom. The van der Waals surface area contributed by atoms with Gasteiger partial charge in [-0.1, -0.05) is 52.7 Å². The number of carbonyl (C=O) groups is 1. The van der Waals surface area contributed by atoms with Crippen molar-refractivity contribution in [1.82, 2.24) is 10.4 Å². The predicted octanol–water partition coefficient (Wildman–Crippen LogP) is 4.67. The van der Waals surface area contributed by atoms with Crippen molar-refractivity contribution in [2.24, 2.45) is 5.16 Å². The minimum absolute atomic E-state index is 0.313. The van der Waals surface area contributed by atoms with Crippen LogP contribution in [0.15, 0.2) is 53.7 Å². The zero-order valence-electron chi connectivity index (χ0n) is 13.5. The summed E-state index contributed by atoms with van der Waals surface area (Å²) in [4.78, 5) is 17.3. The number of nitrogens with one attached hydrogen (secondary N) is 1. The lowest BCUT2D eigenvalue weighted by Gasteiger charge is -2.33. The van der Waals surface area contributed by atoms with Crippen molar-refractivity contribution in [2.75, 3.05) is 7.05 Å². The quantitative estimate of drug-likeness (QED) is 0.437. The third-order valence-corrected chi connectivity index (χ3v) is 5.53. The number of oxime groups is 1. The first-order valence-electron chi connectivity index (χ1n) is 7.46. The van der Waals surface area contributed by atoms with E-state index in [-0.39, 0.29) is 6.04 Å².